The minimum absolute atomic E-state index is 0.230. The van der Waals surface area contributed by atoms with Gasteiger partial charge in [-0.2, -0.15) is 10.4 Å². The maximum absolute atomic E-state index is 9.85. The van der Waals surface area contributed by atoms with E-state index in [1.807, 2.05) is 28.9 Å². The predicted octanol–water partition coefficient (Wildman–Crippen LogP) is 2.65. The second-order valence-electron chi connectivity index (χ2n) is 5.68. The summed E-state index contributed by atoms with van der Waals surface area (Å²) in [6.07, 6.45) is 2.79. The van der Waals surface area contributed by atoms with Gasteiger partial charge >= 0.3 is 0 Å². The quantitative estimate of drug-likeness (QED) is 0.868. The van der Waals surface area contributed by atoms with Crippen LogP contribution in [0.5, 0.6) is 5.75 Å². The molecule has 0 saturated heterocycles. The summed E-state index contributed by atoms with van der Waals surface area (Å²) >= 11 is 0. The molecule has 1 aromatic heterocycles. The molecule has 5 nitrogen and oxygen atoms in total. The summed E-state index contributed by atoms with van der Waals surface area (Å²) in [6, 6.07) is 10.5. The minimum Gasteiger partial charge on any atom is -0.493 e. The number of aromatic nitrogens is 3. The van der Waals surface area contributed by atoms with E-state index in [0.29, 0.717) is 19.4 Å². The maximum Gasteiger partial charge on any atom is 0.138 e. The molecule has 5 heteroatoms. The van der Waals surface area contributed by atoms with Crippen LogP contribution < -0.4 is 4.74 Å². The Hall–Kier alpha value is -2.35. The van der Waals surface area contributed by atoms with Gasteiger partial charge in [0.05, 0.1) is 18.1 Å². The predicted molar refractivity (Wildman–Crippen MR) is 78.0 cm³/mol. The Morgan fingerprint density at radius 2 is 2.24 bits per heavy atom. The van der Waals surface area contributed by atoms with Gasteiger partial charge in [-0.25, -0.2) is 9.67 Å². The lowest BCUT2D eigenvalue weighted by atomic mass is 9.74. The van der Waals surface area contributed by atoms with Crippen LogP contribution in [-0.2, 0) is 11.8 Å². The largest absolute Gasteiger partial charge is 0.493 e. The highest BCUT2D eigenvalue weighted by atomic mass is 16.5. The minimum atomic E-state index is -0.589. The topological polar surface area (TPSA) is 63.7 Å². The highest BCUT2D eigenvalue weighted by Gasteiger charge is 2.39. The van der Waals surface area contributed by atoms with E-state index in [1.165, 1.54) is 0 Å². The zero-order chi connectivity index (χ0) is 14.9. The number of hydrogen-bond acceptors (Lipinski definition) is 4. The van der Waals surface area contributed by atoms with Gasteiger partial charge in [0, 0.05) is 24.4 Å². The van der Waals surface area contributed by atoms with Crippen LogP contribution in [0.25, 0.3) is 0 Å². The first-order valence-electron chi connectivity index (χ1n) is 7.18. The molecule has 2 aromatic rings. The van der Waals surface area contributed by atoms with Crippen molar-refractivity contribution in [3.05, 3.63) is 42.0 Å². The third kappa shape index (κ3) is 2.27. The third-order valence-corrected chi connectivity index (χ3v) is 4.00. The fourth-order valence-electron chi connectivity index (χ4n) is 2.90. The van der Waals surface area contributed by atoms with Gasteiger partial charge in [-0.15, -0.1) is 0 Å². The number of benzene rings is 1. The molecule has 2 heterocycles. The molecular formula is C16H18N4O. The SMILES string of the molecule is CC(C)n1ncnc1CC1(C#N)CCOc2ccccc21. The van der Waals surface area contributed by atoms with Gasteiger partial charge in [0.2, 0.25) is 0 Å². The first-order chi connectivity index (χ1) is 10.2. The molecule has 108 valence electrons. The monoisotopic (exact) mass is 282 g/mol. The highest BCUT2D eigenvalue weighted by Crippen LogP contribution is 2.40. The fraction of sp³-hybridized carbons (Fsp3) is 0.438. The first kappa shape index (κ1) is 13.6. The summed E-state index contributed by atoms with van der Waals surface area (Å²) in [4.78, 5) is 4.36. The second kappa shape index (κ2) is 5.21. The number of nitriles is 1. The first-order valence-corrected chi connectivity index (χ1v) is 7.18. The van der Waals surface area contributed by atoms with Crippen molar-refractivity contribution < 1.29 is 4.74 Å². The molecule has 21 heavy (non-hydrogen) atoms. The molecule has 1 aromatic carbocycles. The Balaban J connectivity index is 2.03. The molecule has 0 radical (unpaired) electrons. The van der Waals surface area contributed by atoms with Gasteiger partial charge in [0.1, 0.15) is 17.9 Å². The van der Waals surface area contributed by atoms with Crippen molar-refractivity contribution in [1.29, 1.82) is 5.26 Å². The summed E-state index contributed by atoms with van der Waals surface area (Å²) in [7, 11) is 0. The van der Waals surface area contributed by atoms with E-state index < -0.39 is 5.41 Å². The number of fused-ring (bicyclic) bond motifs is 1. The second-order valence-corrected chi connectivity index (χ2v) is 5.68. The molecule has 1 aliphatic heterocycles. The maximum atomic E-state index is 9.85. The van der Waals surface area contributed by atoms with Crippen LogP contribution in [0.15, 0.2) is 30.6 Å². The number of rotatable bonds is 3. The molecule has 0 aliphatic carbocycles. The summed E-state index contributed by atoms with van der Waals surface area (Å²) in [5, 5.41) is 14.1. The van der Waals surface area contributed by atoms with Crippen LogP contribution >= 0.6 is 0 Å². The van der Waals surface area contributed by atoms with Crippen LogP contribution in [0.4, 0.5) is 0 Å². The fourth-order valence-corrected chi connectivity index (χ4v) is 2.90. The van der Waals surface area contributed by atoms with Crippen LogP contribution in [0.2, 0.25) is 0 Å². The smallest absolute Gasteiger partial charge is 0.138 e. The van der Waals surface area contributed by atoms with E-state index in [0.717, 1.165) is 17.1 Å². The van der Waals surface area contributed by atoms with Crippen molar-refractivity contribution in [3.63, 3.8) is 0 Å². The van der Waals surface area contributed by atoms with Crippen molar-refractivity contribution in [2.24, 2.45) is 0 Å². The highest BCUT2D eigenvalue weighted by molar-refractivity contribution is 5.46. The molecular weight excluding hydrogens is 264 g/mol. The third-order valence-electron chi connectivity index (χ3n) is 4.00. The Kier molecular flexibility index (Phi) is 3.38. The molecule has 3 rings (SSSR count). The van der Waals surface area contributed by atoms with Crippen molar-refractivity contribution in [2.75, 3.05) is 6.61 Å². The van der Waals surface area contributed by atoms with Crippen LogP contribution in [-0.4, -0.2) is 21.4 Å². The Bertz CT molecular complexity index is 686. The van der Waals surface area contributed by atoms with E-state index in [1.54, 1.807) is 6.33 Å². The standard InChI is InChI=1S/C16H18N4O/c1-12(2)20-15(18-11-19-20)9-16(10-17)7-8-21-14-6-4-3-5-13(14)16/h3-6,11-12H,7-9H2,1-2H3. The number of para-hydroxylation sites is 1. The van der Waals surface area contributed by atoms with Crippen molar-refractivity contribution in [2.45, 2.75) is 38.1 Å². The zero-order valence-electron chi connectivity index (χ0n) is 12.3. The van der Waals surface area contributed by atoms with E-state index in [9.17, 15) is 5.26 Å². The van der Waals surface area contributed by atoms with Gasteiger partial charge < -0.3 is 4.74 Å². The molecule has 1 aliphatic rings. The van der Waals surface area contributed by atoms with Gasteiger partial charge in [-0.3, -0.25) is 0 Å². The number of hydrogen-bond donors (Lipinski definition) is 0. The van der Waals surface area contributed by atoms with Gasteiger partial charge in [-0.1, -0.05) is 18.2 Å². The Labute approximate surface area is 124 Å². The summed E-state index contributed by atoms with van der Waals surface area (Å²) in [5.41, 5.74) is 0.367. The van der Waals surface area contributed by atoms with E-state index >= 15 is 0 Å². The molecule has 0 fully saturated rings. The van der Waals surface area contributed by atoms with Crippen molar-refractivity contribution in [1.82, 2.24) is 14.8 Å². The van der Waals surface area contributed by atoms with Crippen LogP contribution in [0, 0.1) is 11.3 Å². The van der Waals surface area contributed by atoms with Gasteiger partial charge in [0.25, 0.3) is 0 Å². The summed E-state index contributed by atoms with van der Waals surface area (Å²) in [6.45, 7) is 4.69. The summed E-state index contributed by atoms with van der Waals surface area (Å²) < 4.78 is 7.57. The lowest BCUT2D eigenvalue weighted by molar-refractivity contribution is 0.238. The lowest BCUT2D eigenvalue weighted by Crippen LogP contribution is -2.35. The summed E-state index contributed by atoms with van der Waals surface area (Å²) in [5.74, 6) is 1.66. The average molecular weight is 282 g/mol. The van der Waals surface area contributed by atoms with Crippen LogP contribution in [0.1, 0.15) is 37.7 Å². The normalized spacial score (nSPS) is 20.7. The molecule has 1 unspecified atom stereocenters. The van der Waals surface area contributed by atoms with Crippen molar-refractivity contribution in [3.8, 4) is 11.8 Å². The molecule has 0 bridgehead atoms. The van der Waals surface area contributed by atoms with Gasteiger partial charge in [0.15, 0.2) is 0 Å². The molecule has 0 spiro atoms. The number of ether oxygens (including phenoxy) is 1. The molecule has 0 amide bonds. The van der Waals surface area contributed by atoms with Crippen molar-refractivity contribution >= 4 is 0 Å². The Morgan fingerprint density at radius 3 is 3.00 bits per heavy atom. The molecule has 1 atom stereocenters. The van der Waals surface area contributed by atoms with E-state index in [2.05, 4.69) is 30.0 Å². The van der Waals surface area contributed by atoms with E-state index in [4.69, 9.17) is 4.74 Å². The van der Waals surface area contributed by atoms with Gasteiger partial charge in [-0.05, 0) is 19.9 Å². The molecule has 0 saturated carbocycles. The Morgan fingerprint density at radius 1 is 1.43 bits per heavy atom. The molecule has 0 N–H and O–H groups in total. The average Bonchev–Trinajstić information content (AvgIpc) is 2.96. The number of nitrogens with zero attached hydrogens (tertiary/aromatic N) is 4. The lowest BCUT2D eigenvalue weighted by Gasteiger charge is -2.33. The van der Waals surface area contributed by atoms with Crippen LogP contribution in [0.3, 0.4) is 0 Å². The van der Waals surface area contributed by atoms with E-state index in [-0.39, 0.29) is 6.04 Å². The zero-order valence-corrected chi connectivity index (χ0v) is 12.3.